The maximum atomic E-state index is 12.6. The molecule has 0 aliphatic carbocycles. The molecule has 0 fully saturated rings. The summed E-state index contributed by atoms with van der Waals surface area (Å²) >= 11 is 1.57. The van der Waals surface area contributed by atoms with E-state index in [-0.39, 0.29) is 12.3 Å². The second kappa shape index (κ2) is 13.0. The largest absolute Gasteiger partial charge is 0.480 e. The van der Waals surface area contributed by atoms with Gasteiger partial charge < -0.3 is 31.8 Å². The molecular weight excluding hydrogens is 458 g/mol. The first-order valence-corrected chi connectivity index (χ1v) is 12.4. The van der Waals surface area contributed by atoms with Crippen molar-refractivity contribution in [2.75, 3.05) is 18.6 Å². The number of thioether (sulfide) groups is 1. The van der Waals surface area contributed by atoms with Gasteiger partial charge in [-0.05, 0) is 36.0 Å². The van der Waals surface area contributed by atoms with Crippen LogP contribution in [0.3, 0.4) is 0 Å². The minimum atomic E-state index is -1.18. The lowest BCUT2D eigenvalue weighted by atomic mass is 10.0. The van der Waals surface area contributed by atoms with Crippen molar-refractivity contribution in [2.24, 2.45) is 11.7 Å². The van der Waals surface area contributed by atoms with E-state index in [1.165, 1.54) is 0 Å². The maximum absolute atomic E-state index is 12.6. The van der Waals surface area contributed by atoms with Crippen molar-refractivity contribution in [3.8, 4) is 0 Å². The Labute approximate surface area is 202 Å². The van der Waals surface area contributed by atoms with Gasteiger partial charge in [0.05, 0.1) is 12.6 Å². The smallest absolute Gasteiger partial charge is 0.326 e. The predicted molar refractivity (Wildman–Crippen MR) is 132 cm³/mol. The number of benzene rings is 1. The number of nitrogens with one attached hydrogen (secondary N) is 4. The molecule has 3 unspecified atom stereocenters. The van der Waals surface area contributed by atoms with Gasteiger partial charge in [0.1, 0.15) is 12.1 Å². The fourth-order valence-electron chi connectivity index (χ4n) is 3.41. The summed E-state index contributed by atoms with van der Waals surface area (Å²) in [7, 11) is 0. The zero-order valence-electron chi connectivity index (χ0n) is 19.6. The van der Waals surface area contributed by atoms with Crippen LogP contribution in [0.5, 0.6) is 0 Å². The van der Waals surface area contributed by atoms with Crippen LogP contribution < -0.4 is 21.7 Å². The van der Waals surface area contributed by atoms with Gasteiger partial charge in [-0.2, -0.15) is 11.8 Å². The standard InChI is InChI=1S/C23H33N5O5S/c1-13(2)20(28-21(30)16(24)8-9-34-3)22(31)26-12-19(29)27-18(23(32)33)10-14-11-25-17-7-5-4-6-15(14)17/h4-7,11,13,16,18,20,25H,8-10,12,24H2,1-3H3,(H,26,31)(H,27,29)(H,28,30)(H,32,33). The van der Waals surface area contributed by atoms with Crippen molar-refractivity contribution in [2.45, 2.75) is 44.8 Å². The molecule has 186 valence electrons. The second-order valence-corrected chi connectivity index (χ2v) is 9.34. The van der Waals surface area contributed by atoms with E-state index in [1.807, 2.05) is 30.5 Å². The molecule has 1 aromatic heterocycles. The number of aromatic nitrogens is 1. The highest BCUT2D eigenvalue weighted by molar-refractivity contribution is 7.98. The molecule has 1 heterocycles. The molecule has 0 aliphatic rings. The molecule has 0 bridgehead atoms. The summed E-state index contributed by atoms with van der Waals surface area (Å²) in [6.07, 6.45) is 4.19. The molecule has 34 heavy (non-hydrogen) atoms. The van der Waals surface area contributed by atoms with Crippen molar-refractivity contribution < 1.29 is 24.3 Å². The highest BCUT2D eigenvalue weighted by Gasteiger charge is 2.27. The van der Waals surface area contributed by atoms with E-state index < -0.39 is 48.4 Å². The molecule has 10 nitrogen and oxygen atoms in total. The Morgan fingerprint density at radius 3 is 2.47 bits per heavy atom. The zero-order chi connectivity index (χ0) is 25.3. The topological polar surface area (TPSA) is 166 Å². The summed E-state index contributed by atoms with van der Waals surface area (Å²) in [5, 5.41) is 18.0. The number of nitrogens with two attached hydrogens (primary N) is 1. The molecule has 7 N–H and O–H groups in total. The van der Waals surface area contributed by atoms with E-state index in [4.69, 9.17) is 5.73 Å². The minimum Gasteiger partial charge on any atom is -0.480 e. The van der Waals surface area contributed by atoms with Gasteiger partial charge in [0.2, 0.25) is 17.7 Å². The Balaban J connectivity index is 1.93. The molecule has 0 spiro atoms. The average Bonchev–Trinajstić information content (AvgIpc) is 3.21. The van der Waals surface area contributed by atoms with Crippen molar-refractivity contribution >= 4 is 46.4 Å². The number of para-hydroxylation sites is 1. The number of hydrogen-bond donors (Lipinski definition) is 6. The number of fused-ring (bicyclic) bond motifs is 1. The number of amides is 3. The zero-order valence-corrected chi connectivity index (χ0v) is 20.4. The van der Waals surface area contributed by atoms with Crippen LogP contribution in [0.4, 0.5) is 0 Å². The monoisotopic (exact) mass is 491 g/mol. The summed E-state index contributed by atoms with van der Waals surface area (Å²) < 4.78 is 0. The van der Waals surface area contributed by atoms with Gasteiger partial charge in [-0.15, -0.1) is 0 Å². The maximum Gasteiger partial charge on any atom is 0.326 e. The normalized spacial score (nSPS) is 13.8. The molecule has 0 saturated heterocycles. The van der Waals surface area contributed by atoms with E-state index in [9.17, 15) is 24.3 Å². The van der Waals surface area contributed by atoms with Crippen LogP contribution in [0.25, 0.3) is 10.9 Å². The van der Waals surface area contributed by atoms with Gasteiger partial charge in [-0.25, -0.2) is 4.79 Å². The molecule has 3 amide bonds. The number of carbonyl (C=O) groups excluding carboxylic acids is 3. The van der Waals surface area contributed by atoms with Crippen LogP contribution in [0.2, 0.25) is 0 Å². The predicted octanol–water partition coefficient (Wildman–Crippen LogP) is 0.617. The van der Waals surface area contributed by atoms with Crippen LogP contribution in [-0.4, -0.2) is 70.5 Å². The average molecular weight is 492 g/mol. The molecule has 0 radical (unpaired) electrons. The first-order chi connectivity index (χ1) is 16.1. The Morgan fingerprint density at radius 2 is 1.82 bits per heavy atom. The van der Waals surface area contributed by atoms with E-state index in [1.54, 1.807) is 31.8 Å². The number of aliphatic carboxylic acids is 1. The van der Waals surface area contributed by atoms with Gasteiger partial charge in [0.25, 0.3) is 0 Å². The van der Waals surface area contributed by atoms with Crippen LogP contribution >= 0.6 is 11.8 Å². The van der Waals surface area contributed by atoms with Gasteiger partial charge in [-0.3, -0.25) is 14.4 Å². The molecule has 2 rings (SSSR count). The van der Waals surface area contributed by atoms with Crippen LogP contribution in [0.15, 0.2) is 30.5 Å². The van der Waals surface area contributed by atoms with Crippen molar-refractivity contribution in [1.82, 2.24) is 20.9 Å². The lowest BCUT2D eigenvalue weighted by Gasteiger charge is -2.23. The first-order valence-electron chi connectivity index (χ1n) is 11.0. The van der Waals surface area contributed by atoms with E-state index in [0.717, 1.165) is 22.2 Å². The van der Waals surface area contributed by atoms with Crippen LogP contribution in [0.1, 0.15) is 25.8 Å². The summed E-state index contributed by atoms with van der Waals surface area (Å²) in [6, 6.07) is 4.69. The second-order valence-electron chi connectivity index (χ2n) is 8.36. The van der Waals surface area contributed by atoms with Crippen molar-refractivity contribution in [3.63, 3.8) is 0 Å². The number of carboxylic acids is 1. The van der Waals surface area contributed by atoms with Gasteiger partial charge in [0, 0.05) is 23.5 Å². The lowest BCUT2D eigenvalue weighted by molar-refractivity contribution is -0.141. The molecule has 0 aliphatic heterocycles. The number of rotatable bonds is 13. The van der Waals surface area contributed by atoms with Gasteiger partial charge in [0.15, 0.2) is 0 Å². The molecular formula is C23H33N5O5S. The third-order valence-corrected chi connectivity index (χ3v) is 6.02. The molecule has 11 heteroatoms. The molecule has 2 aromatic rings. The van der Waals surface area contributed by atoms with E-state index in [0.29, 0.717) is 6.42 Å². The highest BCUT2D eigenvalue weighted by atomic mass is 32.2. The highest BCUT2D eigenvalue weighted by Crippen LogP contribution is 2.19. The molecule has 1 aromatic carbocycles. The van der Waals surface area contributed by atoms with E-state index >= 15 is 0 Å². The minimum absolute atomic E-state index is 0.0810. The van der Waals surface area contributed by atoms with Crippen molar-refractivity contribution in [3.05, 3.63) is 36.0 Å². The summed E-state index contributed by atoms with van der Waals surface area (Å²) in [5.41, 5.74) is 7.50. The Morgan fingerprint density at radius 1 is 1.12 bits per heavy atom. The quantitative estimate of drug-likeness (QED) is 0.239. The SMILES string of the molecule is CSCCC(N)C(=O)NC(C(=O)NCC(=O)NC(Cc1c[nH]c2ccccc12)C(=O)O)C(C)C. The Hall–Kier alpha value is -3.05. The number of hydrogen-bond acceptors (Lipinski definition) is 6. The van der Waals surface area contributed by atoms with Crippen LogP contribution in [-0.2, 0) is 25.6 Å². The van der Waals surface area contributed by atoms with Crippen LogP contribution in [0, 0.1) is 5.92 Å². The summed E-state index contributed by atoms with van der Waals surface area (Å²) in [6.45, 7) is 3.10. The Bertz CT molecular complexity index is 1010. The number of carbonyl (C=O) groups is 4. The summed E-state index contributed by atoms with van der Waals surface area (Å²) in [5.74, 6) is -2.33. The summed E-state index contributed by atoms with van der Waals surface area (Å²) in [4.78, 5) is 52.1. The number of H-pyrrole nitrogens is 1. The molecule has 3 atom stereocenters. The van der Waals surface area contributed by atoms with E-state index in [2.05, 4.69) is 20.9 Å². The number of aromatic amines is 1. The molecule has 0 saturated carbocycles. The fraction of sp³-hybridized carbons (Fsp3) is 0.478. The van der Waals surface area contributed by atoms with Gasteiger partial charge in [-0.1, -0.05) is 32.0 Å². The van der Waals surface area contributed by atoms with Gasteiger partial charge >= 0.3 is 5.97 Å². The first kappa shape index (κ1) is 27.2. The Kier molecular flexibility index (Phi) is 10.4. The third kappa shape index (κ3) is 7.77. The lowest BCUT2D eigenvalue weighted by Crippen LogP contribution is -2.55. The van der Waals surface area contributed by atoms with Crippen molar-refractivity contribution in [1.29, 1.82) is 0 Å². The fourth-order valence-corrected chi connectivity index (χ4v) is 3.90. The number of carboxylic acid groups (broad SMARTS) is 1. The third-order valence-electron chi connectivity index (χ3n) is 5.37.